The number of ether oxygens (including phenoxy) is 1. The van der Waals surface area contributed by atoms with Crippen molar-refractivity contribution in [2.75, 3.05) is 31.7 Å². The molecular weight excluding hydrogens is 392 g/mol. The van der Waals surface area contributed by atoms with Crippen molar-refractivity contribution in [3.8, 4) is 16.9 Å². The van der Waals surface area contributed by atoms with Gasteiger partial charge in [0.15, 0.2) is 9.84 Å². The van der Waals surface area contributed by atoms with E-state index in [0.29, 0.717) is 22.4 Å². The number of aromatic amines is 1. The normalized spacial score (nSPS) is 16.5. The summed E-state index contributed by atoms with van der Waals surface area (Å²) in [6.45, 7) is 6.35. The summed E-state index contributed by atoms with van der Waals surface area (Å²) in [6.07, 6.45) is 1.54. The first-order valence-corrected chi connectivity index (χ1v) is 11.3. The first-order valence-electron chi connectivity index (χ1n) is 9.44. The highest BCUT2D eigenvalue weighted by molar-refractivity contribution is 7.91. The monoisotopic (exact) mass is 418 g/mol. The zero-order chi connectivity index (χ0) is 21.4. The number of rotatable bonds is 3. The number of nitrogens with zero attached hydrogens (tertiary/aromatic N) is 1. The van der Waals surface area contributed by atoms with Gasteiger partial charge >= 0.3 is 0 Å². The highest BCUT2D eigenvalue weighted by Gasteiger charge is 2.30. The van der Waals surface area contributed by atoms with Crippen molar-refractivity contribution >= 4 is 15.7 Å². The number of amides is 1. The zero-order valence-electron chi connectivity index (χ0n) is 17.1. The topological polar surface area (TPSA) is 96.5 Å². The van der Waals surface area contributed by atoms with Crippen LogP contribution in [0.5, 0.6) is 5.75 Å². The number of pyridine rings is 1. The van der Waals surface area contributed by atoms with Crippen LogP contribution in [0.15, 0.2) is 35.3 Å². The summed E-state index contributed by atoms with van der Waals surface area (Å²) >= 11 is 0. The van der Waals surface area contributed by atoms with Gasteiger partial charge in [0.2, 0.25) is 0 Å². The van der Waals surface area contributed by atoms with E-state index in [1.54, 1.807) is 25.3 Å². The number of carbonyl (C=O) groups is 1. The second-order valence-corrected chi connectivity index (χ2v) is 10.5. The third-order valence-corrected chi connectivity index (χ3v) is 6.73. The van der Waals surface area contributed by atoms with Gasteiger partial charge < -0.3 is 14.6 Å². The Balaban J connectivity index is 2.18. The van der Waals surface area contributed by atoms with Crippen LogP contribution in [0.4, 0.5) is 0 Å². The molecule has 0 atom stereocenters. The number of hydrogen-bond acceptors (Lipinski definition) is 5. The number of carbonyl (C=O) groups excluding carboxylic acids is 1. The van der Waals surface area contributed by atoms with E-state index in [1.165, 1.54) is 11.1 Å². The van der Waals surface area contributed by atoms with Gasteiger partial charge in [-0.25, -0.2) is 8.42 Å². The number of nitrogens with one attached hydrogen (secondary N) is 1. The molecule has 0 bridgehead atoms. The average molecular weight is 419 g/mol. The van der Waals surface area contributed by atoms with Crippen LogP contribution in [0.2, 0.25) is 0 Å². The zero-order valence-corrected chi connectivity index (χ0v) is 17.9. The Bertz CT molecular complexity index is 1080. The van der Waals surface area contributed by atoms with Gasteiger partial charge in [-0.3, -0.25) is 9.59 Å². The van der Waals surface area contributed by atoms with E-state index in [9.17, 15) is 18.0 Å². The molecule has 1 aliphatic heterocycles. The summed E-state index contributed by atoms with van der Waals surface area (Å²) in [5, 5.41) is 0. The smallest absolute Gasteiger partial charge is 0.255 e. The molecule has 1 aliphatic rings. The summed E-state index contributed by atoms with van der Waals surface area (Å²) < 4.78 is 29.0. The minimum Gasteiger partial charge on any atom is -0.496 e. The van der Waals surface area contributed by atoms with Gasteiger partial charge in [-0.05, 0) is 29.7 Å². The molecule has 29 heavy (non-hydrogen) atoms. The minimum atomic E-state index is -3.11. The van der Waals surface area contributed by atoms with E-state index < -0.39 is 9.84 Å². The molecule has 156 valence electrons. The number of H-pyrrole nitrogens is 1. The molecule has 3 rings (SSSR count). The minimum absolute atomic E-state index is 0.0583. The summed E-state index contributed by atoms with van der Waals surface area (Å²) in [5.74, 6) is 0.132. The van der Waals surface area contributed by atoms with Gasteiger partial charge in [0.05, 0.1) is 24.2 Å². The molecule has 7 nitrogen and oxygen atoms in total. The van der Waals surface area contributed by atoms with E-state index in [1.807, 2.05) is 26.8 Å². The molecule has 0 aliphatic carbocycles. The van der Waals surface area contributed by atoms with E-state index in [4.69, 9.17) is 4.74 Å². The van der Waals surface area contributed by atoms with Crippen molar-refractivity contribution in [1.82, 2.24) is 9.88 Å². The third-order valence-electron chi connectivity index (χ3n) is 5.12. The Hall–Kier alpha value is -2.61. The molecule has 2 aromatic rings. The lowest BCUT2D eigenvalue weighted by molar-refractivity contribution is 0.0770. The van der Waals surface area contributed by atoms with Crippen LogP contribution >= 0.6 is 0 Å². The number of sulfone groups is 1. The van der Waals surface area contributed by atoms with Crippen LogP contribution in [0.1, 0.15) is 36.7 Å². The van der Waals surface area contributed by atoms with Gasteiger partial charge in [-0.2, -0.15) is 0 Å². The molecule has 1 amide bonds. The molecule has 1 aromatic carbocycles. The Morgan fingerprint density at radius 1 is 1.14 bits per heavy atom. The van der Waals surface area contributed by atoms with Crippen LogP contribution in [-0.4, -0.2) is 55.9 Å². The maximum Gasteiger partial charge on any atom is 0.255 e. The van der Waals surface area contributed by atoms with Gasteiger partial charge in [0.1, 0.15) is 5.75 Å². The molecule has 0 saturated carbocycles. The fourth-order valence-electron chi connectivity index (χ4n) is 3.45. The molecule has 1 saturated heterocycles. The van der Waals surface area contributed by atoms with E-state index in [2.05, 4.69) is 4.98 Å². The summed E-state index contributed by atoms with van der Waals surface area (Å²) in [7, 11) is -1.57. The molecule has 2 heterocycles. The third kappa shape index (κ3) is 4.37. The van der Waals surface area contributed by atoms with E-state index >= 15 is 0 Å². The Kier molecular flexibility index (Phi) is 5.58. The lowest BCUT2D eigenvalue weighted by atomic mass is 9.83. The van der Waals surface area contributed by atoms with Gasteiger partial charge in [0.25, 0.3) is 11.5 Å². The highest BCUT2D eigenvalue weighted by Crippen LogP contribution is 2.37. The summed E-state index contributed by atoms with van der Waals surface area (Å²) in [5.41, 5.74) is 1.52. The molecule has 0 spiro atoms. The van der Waals surface area contributed by atoms with Crippen LogP contribution in [-0.2, 0) is 15.3 Å². The van der Waals surface area contributed by atoms with Gasteiger partial charge in [-0.1, -0.05) is 20.8 Å². The van der Waals surface area contributed by atoms with Crippen molar-refractivity contribution < 1.29 is 17.9 Å². The largest absolute Gasteiger partial charge is 0.496 e. The van der Waals surface area contributed by atoms with Crippen molar-refractivity contribution in [1.29, 1.82) is 0 Å². The standard InChI is InChI=1S/C21H26N2O5S/c1-21(2,3)17-12-15(14-6-5-7-22-19(14)24)16(13-18(17)28-4)20(25)23-8-10-29(26,27)11-9-23/h5-7,12-13H,8-11H2,1-4H3,(H,22,24). The van der Waals surface area contributed by atoms with Gasteiger partial charge in [-0.15, -0.1) is 0 Å². The van der Waals surface area contributed by atoms with Crippen molar-refractivity contribution in [2.24, 2.45) is 0 Å². The maximum atomic E-state index is 13.3. The second kappa shape index (κ2) is 7.67. The molecule has 1 fully saturated rings. The first kappa shape index (κ1) is 21.1. The summed E-state index contributed by atoms with van der Waals surface area (Å²) in [4.78, 5) is 30.0. The van der Waals surface area contributed by atoms with E-state index in [0.717, 1.165) is 5.56 Å². The fraction of sp³-hybridized carbons (Fsp3) is 0.429. The first-order chi connectivity index (χ1) is 13.5. The molecule has 0 radical (unpaired) electrons. The highest BCUT2D eigenvalue weighted by atomic mass is 32.2. The Morgan fingerprint density at radius 2 is 1.79 bits per heavy atom. The van der Waals surface area contributed by atoms with Crippen LogP contribution < -0.4 is 10.3 Å². The number of hydrogen-bond donors (Lipinski definition) is 1. The Morgan fingerprint density at radius 3 is 2.34 bits per heavy atom. The van der Waals surface area contributed by atoms with Crippen LogP contribution in [0.25, 0.3) is 11.1 Å². The molecule has 1 N–H and O–H groups in total. The number of benzene rings is 1. The molecular formula is C21H26N2O5S. The number of methoxy groups -OCH3 is 1. The lowest BCUT2D eigenvalue weighted by Gasteiger charge is -2.29. The van der Waals surface area contributed by atoms with Crippen LogP contribution in [0, 0.1) is 0 Å². The van der Waals surface area contributed by atoms with Crippen molar-refractivity contribution in [3.63, 3.8) is 0 Å². The fourth-order valence-corrected chi connectivity index (χ4v) is 4.66. The molecule has 8 heteroatoms. The van der Waals surface area contributed by atoms with Crippen molar-refractivity contribution in [3.05, 3.63) is 51.9 Å². The maximum absolute atomic E-state index is 13.3. The van der Waals surface area contributed by atoms with Crippen LogP contribution in [0.3, 0.4) is 0 Å². The molecule has 1 aromatic heterocycles. The van der Waals surface area contributed by atoms with Gasteiger partial charge in [0, 0.05) is 36.0 Å². The predicted molar refractivity (Wildman–Crippen MR) is 112 cm³/mol. The molecule has 0 unspecified atom stereocenters. The second-order valence-electron chi connectivity index (χ2n) is 8.21. The lowest BCUT2D eigenvalue weighted by Crippen LogP contribution is -2.44. The quantitative estimate of drug-likeness (QED) is 0.824. The summed E-state index contributed by atoms with van der Waals surface area (Å²) in [6, 6.07) is 6.87. The van der Waals surface area contributed by atoms with Crippen molar-refractivity contribution in [2.45, 2.75) is 26.2 Å². The SMILES string of the molecule is COc1cc(C(=O)N2CCS(=O)(=O)CC2)c(-c2ccc[nH]c2=O)cc1C(C)(C)C. The number of aromatic nitrogens is 1. The Labute approximate surface area is 170 Å². The van der Waals surface area contributed by atoms with E-state index in [-0.39, 0.29) is 41.5 Å². The average Bonchev–Trinajstić information content (AvgIpc) is 2.66. The predicted octanol–water partition coefficient (Wildman–Crippen LogP) is 2.22.